The average molecular weight is 395 g/mol. The van der Waals surface area contributed by atoms with Crippen molar-refractivity contribution in [2.75, 3.05) is 6.54 Å². The molecule has 2 aromatic rings. The van der Waals surface area contributed by atoms with Crippen LogP contribution >= 0.6 is 22.9 Å². The molecule has 1 fully saturated rings. The van der Waals surface area contributed by atoms with Crippen LogP contribution in [0.3, 0.4) is 0 Å². The summed E-state index contributed by atoms with van der Waals surface area (Å²) in [5.41, 5.74) is 0.601. The summed E-state index contributed by atoms with van der Waals surface area (Å²) >= 11 is 7.10. The zero-order valence-electron chi connectivity index (χ0n) is 14.3. The van der Waals surface area contributed by atoms with Gasteiger partial charge in [-0.15, -0.1) is 11.3 Å². The molecule has 1 amide bonds. The fourth-order valence-corrected chi connectivity index (χ4v) is 4.01. The van der Waals surface area contributed by atoms with Gasteiger partial charge in [0.25, 0.3) is 5.91 Å². The van der Waals surface area contributed by atoms with Crippen molar-refractivity contribution in [2.24, 2.45) is 0 Å². The summed E-state index contributed by atoms with van der Waals surface area (Å²) < 4.78 is 5.67. The Morgan fingerprint density at radius 2 is 2.08 bits per heavy atom. The van der Waals surface area contributed by atoms with Gasteiger partial charge in [0.05, 0.1) is 5.69 Å². The van der Waals surface area contributed by atoms with Gasteiger partial charge in [0.2, 0.25) is 0 Å². The van der Waals surface area contributed by atoms with Crippen LogP contribution in [-0.2, 0) is 11.4 Å². The zero-order valence-corrected chi connectivity index (χ0v) is 15.8. The average Bonchev–Trinajstić information content (AvgIpc) is 3.01. The van der Waals surface area contributed by atoms with Gasteiger partial charge in [0.15, 0.2) is 0 Å². The number of aromatic nitrogens is 1. The number of aryl methyl sites for hydroxylation is 1. The van der Waals surface area contributed by atoms with Crippen LogP contribution in [0.4, 0.5) is 0 Å². The number of carbonyl (C=O) groups excluding carboxylic acids is 1. The van der Waals surface area contributed by atoms with E-state index in [0.29, 0.717) is 39.3 Å². The molecule has 0 spiro atoms. The lowest BCUT2D eigenvalue weighted by molar-refractivity contribution is -0.143. The van der Waals surface area contributed by atoms with E-state index in [1.54, 1.807) is 31.2 Å². The molecule has 8 heteroatoms. The maximum absolute atomic E-state index is 12.8. The van der Waals surface area contributed by atoms with Crippen LogP contribution in [-0.4, -0.2) is 39.5 Å². The third kappa shape index (κ3) is 4.16. The number of carboxylic acids is 1. The molecule has 0 radical (unpaired) electrons. The number of nitrogens with zero attached hydrogens (tertiary/aromatic N) is 2. The number of amides is 1. The summed E-state index contributed by atoms with van der Waals surface area (Å²) in [6.07, 6.45) is 2.13. The minimum Gasteiger partial charge on any atom is -0.486 e. The molecule has 0 bridgehead atoms. The van der Waals surface area contributed by atoms with Crippen molar-refractivity contribution in [3.63, 3.8) is 0 Å². The van der Waals surface area contributed by atoms with E-state index >= 15 is 0 Å². The van der Waals surface area contributed by atoms with Crippen LogP contribution < -0.4 is 4.74 Å². The highest BCUT2D eigenvalue weighted by Gasteiger charge is 2.34. The molecule has 1 saturated heterocycles. The van der Waals surface area contributed by atoms with E-state index < -0.39 is 12.0 Å². The fourth-order valence-electron chi connectivity index (χ4n) is 2.95. The van der Waals surface area contributed by atoms with Gasteiger partial charge in [-0.2, -0.15) is 0 Å². The molecule has 1 aromatic heterocycles. The second-order valence-electron chi connectivity index (χ2n) is 6.11. The number of carboxylic acid groups (broad SMARTS) is 1. The zero-order chi connectivity index (χ0) is 18.7. The van der Waals surface area contributed by atoms with E-state index in [0.717, 1.165) is 12.8 Å². The Morgan fingerprint density at radius 3 is 2.77 bits per heavy atom. The van der Waals surface area contributed by atoms with Gasteiger partial charge < -0.3 is 14.7 Å². The first-order valence-electron chi connectivity index (χ1n) is 8.34. The number of halogens is 1. The molecule has 2 heterocycles. The minimum absolute atomic E-state index is 0.239. The van der Waals surface area contributed by atoms with Crippen molar-refractivity contribution < 1.29 is 19.4 Å². The van der Waals surface area contributed by atoms with Gasteiger partial charge in [0.1, 0.15) is 28.3 Å². The molecule has 1 N–H and O–H groups in total. The molecule has 1 aliphatic rings. The van der Waals surface area contributed by atoms with Crippen molar-refractivity contribution in [2.45, 2.75) is 38.8 Å². The van der Waals surface area contributed by atoms with Gasteiger partial charge in [-0.05, 0) is 50.5 Å². The first-order chi connectivity index (χ1) is 12.5. The molecular formula is C18H19ClN2O4S. The smallest absolute Gasteiger partial charge is 0.326 e. The van der Waals surface area contributed by atoms with Gasteiger partial charge in [-0.3, -0.25) is 4.79 Å². The monoisotopic (exact) mass is 394 g/mol. The number of likely N-dealkylation sites (tertiary alicyclic amines) is 1. The number of piperidine rings is 1. The second kappa shape index (κ2) is 8.05. The molecular weight excluding hydrogens is 376 g/mol. The molecule has 6 nitrogen and oxygen atoms in total. The highest BCUT2D eigenvalue weighted by Crippen LogP contribution is 2.26. The van der Waals surface area contributed by atoms with Crippen molar-refractivity contribution >= 4 is 34.8 Å². The highest BCUT2D eigenvalue weighted by molar-refractivity contribution is 7.13. The largest absolute Gasteiger partial charge is 0.486 e. The number of aliphatic carboxylic acids is 1. The van der Waals surface area contributed by atoms with E-state index in [9.17, 15) is 14.7 Å². The topological polar surface area (TPSA) is 79.7 Å². The first-order valence-corrected chi connectivity index (χ1v) is 9.53. The lowest BCUT2D eigenvalue weighted by Crippen LogP contribution is -2.47. The predicted molar refractivity (Wildman–Crippen MR) is 98.9 cm³/mol. The third-order valence-corrected chi connectivity index (χ3v) is 5.63. The van der Waals surface area contributed by atoms with E-state index in [1.807, 2.05) is 0 Å². The fraction of sp³-hybridized carbons (Fsp3) is 0.389. The quantitative estimate of drug-likeness (QED) is 0.835. The normalized spacial score (nSPS) is 17.2. The van der Waals surface area contributed by atoms with Gasteiger partial charge in [0, 0.05) is 11.6 Å². The lowest BCUT2D eigenvalue weighted by Gasteiger charge is -2.32. The number of hydrogen-bond donors (Lipinski definition) is 1. The molecule has 0 saturated carbocycles. The standard InChI is InChI=1S/C18H19ClN2O4S/c1-11-16(17(22)21-9-3-2-4-14(21)18(23)24)26-15(20-11)10-25-13-7-5-12(19)6-8-13/h5-8,14H,2-4,9-10H2,1H3,(H,23,24). The summed E-state index contributed by atoms with van der Waals surface area (Å²) in [5, 5.41) is 10.7. The number of benzene rings is 1. The number of hydrogen-bond acceptors (Lipinski definition) is 5. The van der Waals surface area contributed by atoms with Gasteiger partial charge >= 0.3 is 5.97 Å². The molecule has 3 rings (SSSR count). The van der Waals surface area contributed by atoms with Crippen molar-refractivity contribution in [3.05, 3.63) is 44.9 Å². The third-order valence-electron chi connectivity index (χ3n) is 4.26. The molecule has 1 aliphatic heterocycles. The number of carbonyl (C=O) groups is 2. The number of ether oxygens (including phenoxy) is 1. The van der Waals surface area contributed by atoms with E-state index in [4.69, 9.17) is 16.3 Å². The van der Waals surface area contributed by atoms with Crippen LogP contribution in [0.1, 0.15) is 39.6 Å². The molecule has 1 unspecified atom stereocenters. The molecule has 0 aliphatic carbocycles. The van der Waals surface area contributed by atoms with E-state index in [-0.39, 0.29) is 12.5 Å². The maximum Gasteiger partial charge on any atom is 0.326 e. The molecule has 1 atom stereocenters. The van der Waals surface area contributed by atoms with Gasteiger partial charge in [-0.1, -0.05) is 11.6 Å². The van der Waals surface area contributed by atoms with E-state index in [2.05, 4.69) is 4.98 Å². The molecule has 1 aromatic carbocycles. The van der Waals surface area contributed by atoms with Crippen LogP contribution in [0.15, 0.2) is 24.3 Å². The SMILES string of the molecule is Cc1nc(COc2ccc(Cl)cc2)sc1C(=O)N1CCCCC1C(=O)O. The predicted octanol–water partition coefficient (Wildman–Crippen LogP) is 3.76. The van der Waals surface area contributed by atoms with Crippen LogP contribution in [0, 0.1) is 6.92 Å². The van der Waals surface area contributed by atoms with Crippen molar-refractivity contribution in [1.82, 2.24) is 9.88 Å². The van der Waals surface area contributed by atoms with Crippen molar-refractivity contribution in [1.29, 1.82) is 0 Å². The summed E-state index contributed by atoms with van der Waals surface area (Å²) in [6.45, 7) is 2.46. The van der Waals surface area contributed by atoms with E-state index in [1.165, 1.54) is 16.2 Å². The molecule has 26 heavy (non-hydrogen) atoms. The van der Waals surface area contributed by atoms with Crippen LogP contribution in [0.5, 0.6) is 5.75 Å². The summed E-state index contributed by atoms with van der Waals surface area (Å²) in [4.78, 5) is 30.6. The summed E-state index contributed by atoms with van der Waals surface area (Å²) in [5.74, 6) is -0.548. The minimum atomic E-state index is -0.952. The van der Waals surface area contributed by atoms with Crippen LogP contribution in [0.25, 0.3) is 0 Å². The summed E-state index contributed by atoms with van der Waals surface area (Å²) in [6, 6.07) is 6.24. The Balaban J connectivity index is 1.71. The maximum atomic E-state index is 12.8. The molecule has 138 valence electrons. The highest BCUT2D eigenvalue weighted by atomic mass is 35.5. The number of thiazole rings is 1. The van der Waals surface area contributed by atoms with Gasteiger partial charge in [-0.25, -0.2) is 9.78 Å². The second-order valence-corrected chi connectivity index (χ2v) is 7.63. The van der Waals surface area contributed by atoms with Crippen molar-refractivity contribution in [3.8, 4) is 5.75 Å². The Morgan fingerprint density at radius 1 is 1.35 bits per heavy atom. The first kappa shape index (κ1) is 18.7. The summed E-state index contributed by atoms with van der Waals surface area (Å²) in [7, 11) is 0. The number of rotatable bonds is 5. The Hall–Kier alpha value is -2.12. The lowest BCUT2D eigenvalue weighted by atomic mass is 10.0. The Labute approximate surface area is 160 Å². The Bertz CT molecular complexity index is 806. The Kier molecular flexibility index (Phi) is 5.78. The van der Waals surface area contributed by atoms with Crippen LogP contribution in [0.2, 0.25) is 5.02 Å².